The minimum Gasteiger partial charge on any atom is -0.497 e. The summed E-state index contributed by atoms with van der Waals surface area (Å²) < 4.78 is 10.8. The smallest absolute Gasteiger partial charge is 0.497 e. The second kappa shape index (κ2) is 5.20. The Hall–Kier alpha value is -3.36. The van der Waals surface area contributed by atoms with Gasteiger partial charge in [-0.25, -0.2) is 14.5 Å². The molecule has 3 aromatic rings. The highest BCUT2D eigenvalue weighted by molar-refractivity contribution is 5.79. The summed E-state index contributed by atoms with van der Waals surface area (Å²) in [5, 5.41) is 12.8. The fraction of sp³-hybridized carbons (Fsp3) is 0.0769. The maximum Gasteiger partial charge on any atom is 0.511 e. The van der Waals surface area contributed by atoms with Crippen molar-refractivity contribution in [3.05, 3.63) is 40.9 Å². The van der Waals surface area contributed by atoms with E-state index in [1.807, 2.05) is 0 Å². The SMILES string of the molecule is COc1ccc2c(=O)[nH]c(-n3cc(OC(=O)O)cn3)nc2c1. The zero-order chi connectivity index (χ0) is 15.7. The average molecular weight is 302 g/mol. The number of carbonyl (C=O) groups is 1. The van der Waals surface area contributed by atoms with Gasteiger partial charge in [0.15, 0.2) is 5.75 Å². The average Bonchev–Trinajstić information content (AvgIpc) is 2.94. The number of fused-ring (bicyclic) bond motifs is 1. The molecule has 2 heterocycles. The number of carboxylic acid groups (broad SMARTS) is 1. The van der Waals surface area contributed by atoms with Crippen molar-refractivity contribution < 1.29 is 19.4 Å². The third-order valence-corrected chi connectivity index (χ3v) is 2.88. The van der Waals surface area contributed by atoms with E-state index in [0.717, 1.165) is 0 Å². The molecular weight excluding hydrogens is 292 g/mol. The van der Waals surface area contributed by atoms with E-state index in [4.69, 9.17) is 9.84 Å². The van der Waals surface area contributed by atoms with Crippen LogP contribution >= 0.6 is 0 Å². The van der Waals surface area contributed by atoms with Crippen molar-refractivity contribution in [2.24, 2.45) is 0 Å². The molecule has 0 aliphatic carbocycles. The zero-order valence-electron chi connectivity index (χ0n) is 11.3. The second-order valence-electron chi connectivity index (χ2n) is 4.26. The van der Waals surface area contributed by atoms with Crippen molar-refractivity contribution in [2.75, 3.05) is 7.11 Å². The topological polar surface area (TPSA) is 119 Å². The van der Waals surface area contributed by atoms with Crippen molar-refractivity contribution >= 4 is 17.1 Å². The van der Waals surface area contributed by atoms with E-state index >= 15 is 0 Å². The lowest BCUT2D eigenvalue weighted by molar-refractivity contribution is 0.144. The van der Waals surface area contributed by atoms with Crippen LogP contribution in [0.4, 0.5) is 4.79 Å². The van der Waals surface area contributed by atoms with Gasteiger partial charge in [-0.3, -0.25) is 9.78 Å². The minimum atomic E-state index is -1.45. The van der Waals surface area contributed by atoms with E-state index in [1.165, 1.54) is 24.2 Å². The molecule has 0 fully saturated rings. The monoisotopic (exact) mass is 302 g/mol. The summed E-state index contributed by atoms with van der Waals surface area (Å²) in [6.45, 7) is 0. The van der Waals surface area contributed by atoms with Gasteiger partial charge in [0, 0.05) is 6.07 Å². The van der Waals surface area contributed by atoms with Gasteiger partial charge in [-0.15, -0.1) is 0 Å². The van der Waals surface area contributed by atoms with Gasteiger partial charge < -0.3 is 14.6 Å². The summed E-state index contributed by atoms with van der Waals surface area (Å²) in [5.41, 5.74) is 0.0770. The lowest BCUT2D eigenvalue weighted by Crippen LogP contribution is -2.13. The molecule has 22 heavy (non-hydrogen) atoms. The molecule has 0 atom stereocenters. The Balaban J connectivity index is 2.08. The molecule has 0 saturated heterocycles. The first-order chi connectivity index (χ1) is 10.6. The lowest BCUT2D eigenvalue weighted by atomic mass is 10.2. The van der Waals surface area contributed by atoms with Crippen LogP contribution in [-0.4, -0.2) is 38.1 Å². The molecule has 0 aliphatic rings. The molecule has 1 aromatic carbocycles. The van der Waals surface area contributed by atoms with E-state index in [-0.39, 0.29) is 17.3 Å². The number of aromatic nitrogens is 4. The number of nitrogens with zero attached hydrogens (tertiary/aromatic N) is 3. The number of rotatable bonds is 3. The molecule has 0 spiro atoms. The normalized spacial score (nSPS) is 10.6. The van der Waals surface area contributed by atoms with E-state index in [0.29, 0.717) is 16.7 Å². The molecule has 0 bridgehead atoms. The molecule has 9 heteroatoms. The molecule has 9 nitrogen and oxygen atoms in total. The van der Waals surface area contributed by atoms with Crippen LogP contribution < -0.4 is 15.0 Å². The van der Waals surface area contributed by atoms with Gasteiger partial charge in [0.2, 0.25) is 5.95 Å². The predicted octanol–water partition coefficient (Wildman–Crippen LogP) is 1.17. The summed E-state index contributed by atoms with van der Waals surface area (Å²) in [4.78, 5) is 29.4. The molecule has 2 aromatic heterocycles. The molecule has 0 aliphatic heterocycles. The van der Waals surface area contributed by atoms with Gasteiger partial charge in [-0.1, -0.05) is 0 Å². The molecule has 3 rings (SSSR count). The Morgan fingerprint density at radius 1 is 1.36 bits per heavy atom. The summed E-state index contributed by atoms with van der Waals surface area (Å²) >= 11 is 0. The number of H-pyrrole nitrogens is 1. The van der Waals surface area contributed by atoms with Crippen LogP contribution in [0, 0.1) is 0 Å². The molecule has 112 valence electrons. The summed E-state index contributed by atoms with van der Waals surface area (Å²) in [5.74, 6) is 0.707. The Bertz CT molecular complexity index is 914. The number of benzene rings is 1. The fourth-order valence-electron chi connectivity index (χ4n) is 1.92. The van der Waals surface area contributed by atoms with Gasteiger partial charge in [0.25, 0.3) is 5.56 Å². The molecule has 0 amide bonds. The van der Waals surface area contributed by atoms with Crippen molar-refractivity contribution in [1.82, 2.24) is 19.7 Å². The number of aromatic amines is 1. The Labute approximate surface area is 122 Å². The molecular formula is C13H10N4O5. The number of methoxy groups -OCH3 is 1. The van der Waals surface area contributed by atoms with Crippen molar-refractivity contribution in [1.29, 1.82) is 0 Å². The second-order valence-corrected chi connectivity index (χ2v) is 4.26. The standard InChI is InChI=1S/C13H10N4O5/c1-21-7-2-3-9-10(4-7)15-12(16-11(9)18)17-6-8(5-14-17)22-13(19)20/h2-6H,1H3,(H,19,20)(H,15,16,18). The van der Waals surface area contributed by atoms with Gasteiger partial charge in [0.05, 0.1) is 30.4 Å². The maximum absolute atomic E-state index is 12.1. The Kier molecular flexibility index (Phi) is 3.22. The quantitative estimate of drug-likeness (QED) is 0.697. The van der Waals surface area contributed by atoms with Crippen LogP contribution in [0.25, 0.3) is 16.9 Å². The van der Waals surface area contributed by atoms with E-state index < -0.39 is 6.16 Å². The Morgan fingerprint density at radius 3 is 2.91 bits per heavy atom. The Morgan fingerprint density at radius 2 is 2.18 bits per heavy atom. The van der Waals surface area contributed by atoms with Crippen LogP contribution in [0.3, 0.4) is 0 Å². The molecule has 0 saturated carbocycles. The van der Waals surface area contributed by atoms with Gasteiger partial charge in [-0.05, 0) is 12.1 Å². The van der Waals surface area contributed by atoms with Crippen LogP contribution in [0.2, 0.25) is 0 Å². The molecule has 2 N–H and O–H groups in total. The highest BCUT2D eigenvalue weighted by Crippen LogP contribution is 2.17. The largest absolute Gasteiger partial charge is 0.511 e. The minimum absolute atomic E-state index is 0.0147. The maximum atomic E-state index is 12.1. The van der Waals surface area contributed by atoms with Gasteiger partial charge in [0.1, 0.15) is 5.75 Å². The lowest BCUT2D eigenvalue weighted by Gasteiger charge is -2.04. The fourth-order valence-corrected chi connectivity index (χ4v) is 1.92. The van der Waals surface area contributed by atoms with Crippen LogP contribution in [-0.2, 0) is 0 Å². The third-order valence-electron chi connectivity index (χ3n) is 2.88. The number of ether oxygens (including phenoxy) is 2. The van der Waals surface area contributed by atoms with Crippen molar-refractivity contribution in [2.45, 2.75) is 0 Å². The number of hydrogen-bond donors (Lipinski definition) is 2. The summed E-state index contributed by atoms with van der Waals surface area (Å²) in [6.07, 6.45) is 1.03. The third kappa shape index (κ3) is 2.46. The first-order valence-corrected chi connectivity index (χ1v) is 6.11. The first-order valence-electron chi connectivity index (χ1n) is 6.11. The zero-order valence-corrected chi connectivity index (χ0v) is 11.3. The predicted molar refractivity (Wildman–Crippen MR) is 74.7 cm³/mol. The first kappa shape index (κ1) is 13.6. The summed E-state index contributed by atoms with van der Waals surface area (Å²) in [7, 11) is 1.51. The summed E-state index contributed by atoms with van der Waals surface area (Å²) in [6, 6.07) is 4.88. The number of nitrogens with one attached hydrogen (secondary N) is 1. The number of hydrogen-bond acceptors (Lipinski definition) is 6. The van der Waals surface area contributed by atoms with Crippen molar-refractivity contribution in [3.63, 3.8) is 0 Å². The van der Waals surface area contributed by atoms with E-state index in [2.05, 4.69) is 19.8 Å². The van der Waals surface area contributed by atoms with Crippen molar-refractivity contribution in [3.8, 4) is 17.4 Å². The van der Waals surface area contributed by atoms with Crippen LogP contribution in [0.5, 0.6) is 11.5 Å². The highest BCUT2D eigenvalue weighted by atomic mass is 16.7. The molecule has 0 unspecified atom stereocenters. The van der Waals surface area contributed by atoms with E-state index in [1.54, 1.807) is 18.2 Å². The highest BCUT2D eigenvalue weighted by Gasteiger charge is 2.10. The van der Waals surface area contributed by atoms with Gasteiger partial charge >= 0.3 is 6.16 Å². The van der Waals surface area contributed by atoms with Crippen LogP contribution in [0.1, 0.15) is 0 Å². The van der Waals surface area contributed by atoms with E-state index in [9.17, 15) is 9.59 Å². The van der Waals surface area contributed by atoms with Crippen LogP contribution in [0.15, 0.2) is 35.4 Å². The molecule has 0 radical (unpaired) electrons. The van der Waals surface area contributed by atoms with Gasteiger partial charge in [-0.2, -0.15) is 5.10 Å².